The first-order chi connectivity index (χ1) is 7.65. The van der Waals surface area contributed by atoms with Gasteiger partial charge in [0.2, 0.25) is 0 Å². The summed E-state index contributed by atoms with van der Waals surface area (Å²) in [6.45, 7) is 3.29. The second-order valence-electron chi connectivity index (χ2n) is 5.26. The number of hydrogen-bond acceptors (Lipinski definition) is 4. The minimum absolute atomic E-state index is 0.0157. The van der Waals surface area contributed by atoms with E-state index in [1.54, 1.807) is 0 Å². The molecule has 0 heterocycles. The predicted octanol–water partition coefficient (Wildman–Crippen LogP) is 0.214. The molecule has 0 aromatic carbocycles. The van der Waals surface area contributed by atoms with Gasteiger partial charge in [0.1, 0.15) is 0 Å². The summed E-state index contributed by atoms with van der Waals surface area (Å²) in [5.74, 6) is 0. The van der Waals surface area contributed by atoms with Crippen molar-refractivity contribution in [3.05, 3.63) is 0 Å². The number of aliphatic hydroxyl groups is 3. The minimum atomic E-state index is -0.461. The summed E-state index contributed by atoms with van der Waals surface area (Å²) in [5.41, 5.74) is -0.461. The van der Waals surface area contributed by atoms with Crippen molar-refractivity contribution in [1.82, 2.24) is 4.90 Å². The standard InChI is InChI=1S/C12H25NO3/c1-12(9-15,10-16)8-13(6-7-14)11-4-2-3-5-11/h11,14-16H,2-10H2,1H3. The Morgan fingerprint density at radius 1 is 1.12 bits per heavy atom. The lowest BCUT2D eigenvalue weighted by Crippen LogP contribution is -2.46. The van der Waals surface area contributed by atoms with E-state index in [0.29, 0.717) is 19.1 Å². The third kappa shape index (κ3) is 3.70. The van der Waals surface area contributed by atoms with Crippen molar-refractivity contribution in [2.45, 2.75) is 38.6 Å². The van der Waals surface area contributed by atoms with E-state index in [2.05, 4.69) is 4.90 Å². The van der Waals surface area contributed by atoms with Crippen LogP contribution in [0.2, 0.25) is 0 Å². The first-order valence-electron chi connectivity index (χ1n) is 6.22. The van der Waals surface area contributed by atoms with E-state index in [0.717, 1.165) is 0 Å². The zero-order chi connectivity index (χ0) is 12.0. The molecule has 3 N–H and O–H groups in total. The molecule has 4 heteroatoms. The van der Waals surface area contributed by atoms with Crippen LogP contribution in [0.25, 0.3) is 0 Å². The molecule has 0 aromatic rings. The van der Waals surface area contributed by atoms with Gasteiger partial charge in [0, 0.05) is 24.5 Å². The minimum Gasteiger partial charge on any atom is -0.396 e. The van der Waals surface area contributed by atoms with Gasteiger partial charge in [-0.05, 0) is 12.8 Å². The van der Waals surface area contributed by atoms with Crippen LogP contribution in [0, 0.1) is 5.41 Å². The van der Waals surface area contributed by atoms with Gasteiger partial charge in [-0.2, -0.15) is 0 Å². The van der Waals surface area contributed by atoms with Gasteiger partial charge in [-0.15, -0.1) is 0 Å². The second kappa shape index (κ2) is 6.55. The number of hydrogen-bond donors (Lipinski definition) is 3. The molecule has 1 aliphatic carbocycles. The van der Waals surface area contributed by atoms with Gasteiger partial charge >= 0.3 is 0 Å². The topological polar surface area (TPSA) is 63.9 Å². The SMILES string of the molecule is CC(CO)(CO)CN(CCO)C1CCCC1. The molecule has 0 aliphatic heterocycles. The molecule has 1 fully saturated rings. The molecule has 1 saturated carbocycles. The number of rotatable bonds is 7. The third-order valence-electron chi connectivity index (χ3n) is 3.58. The van der Waals surface area contributed by atoms with Crippen LogP contribution in [0.5, 0.6) is 0 Å². The van der Waals surface area contributed by atoms with Crippen LogP contribution < -0.4 is 0 Å². The van der Waals surface area contributed by atoms with E-state index in [1.807, 2.05) is 6.92 Å². The fourth-order valence-corrected chi connectivity index (χ4v) is 2.43. The van der Waals surface area contributed by atoms with Crippen molar-refractivity contribution < 1.29 is 15.3 Å². The van der Waals surface area contributed by atoms with Gasteiger partial charge in [-0.25, -0.2) is 0 Å². The van der Waals surface area contributed by atoms with Crippen molar-refractivity contribution in [2.24, 2.45) is 5.41 Å². The summed E-state index contributed by atoms with van der Waals surface area (Å²) < 4.78 is 0. The Hall–Kier alpha value is -0.160. The molecule has 4 nitrogen and oxygen atoms in total. The molecule has 0 bridgehead atoms. The Morgan fingerprint density at radius 2 is 1.69 bits per heavy atom. The molecule has 1 rings (SSSR count). The van der Waals surface area contributed by atoms with E-state index in [-0.39, 0.29) is 19.8 Å². The summed E-state index contributed by atoms with van der Waals surface area (Å²) in [4.78, 5) is 2.22. The molecule has 0 unspecified atom stereocenters. The zero-order valence-electron chi connectivity index (χ0n) is 10.2. The number of aliphatic hydroxyl groups excluding tert-OH is 3. The molecule has 0 saturated heterocycles. The highest BCUT2D eigenvalue weighted by Crippen LogP contribution is 2.26. The number of nitrogens with zero attached hydrogens (tertiary/aromatic N) is 1. The normalized spacial score (nSPS) is 18.6. The fourth-order valence-electron chi connectivity index (χ4n) is 2.43. The predicted molar refractivity (Wildman–Crippen MR) is 63.2 cm³/mol. The van der Waals surface area contributed by atoms with Crippen molar-refractivity contribution in [1.29, 1.82) is 0 Å². The monoisotopic (exact) mass is 231 g/mol. The average molecular weight is 231 g/mol. The van der Waals surface area contributed by atoms with Crippen LogP contribution in [0.1, 0.15) is 32.6 Å². The Balaban J connectivity index is 2.55. The molecule has 1 aliphatic rings. The van der Waals surface area contributed by atoms with Crippen LogP contribution in [-0.4, -0.2) is 59.2 Å². The van der Waals surface area contributed by atoms with Crippen molar-refractivity contribution >= 4 is 0 Å². The fraction of sp³-hybridized carbons (Fsp3) is 1.00. The van der Waals surface area contributed by atoms with Gasteiger partial charge < -0.3 is 15.3 Å². The van der Waals surface area contributed by atoms with Gasteiger partial charge in [-0.3, -0.25) is 4.90 Å². The van der Waals surface area contributed by atoms with Crippen LogP contribution in [0.3, 0.4) is 0 Å². The highest BCUT2D eigenvalue weighted by molar-refractivity contribution is 4.83. The van der Waals surface area contributed by atoms with Crippen molar-refractivity contribution in [2.75, 3.05) is 32.9 Å². The Labute approximate surface area is 97.9 Å². The Kier molecular flexibility index (Phi) is 5.69. The highest BCUT2D eigenvalue weighted by Gasteiger charge is 2.30. The van der Waals surface area contributed by atoms with Gasteiger partial charge in [-0.1, -0.05) is 19.8 Å². The van der Waals surface area contributed by atoms with Crippen LogP contribution in [0.4, 0.5) is 0 Å². The second-order valence-corrected chi connectivity index (χ2v) is 5.26. The molecule has 96 valence electrons. The van der Waals surface area contributed by atoms with Crippen LogP contribution in [0.15, 0.2) is 0 Å². The maximum Gasteiger partial charge on any atom is 0.0558 e. The smallest absolute Gasteiger partial charge is 0.0558 e. The average Bonchev–Trinajstić information content (AvgIpc) is 2.82. The van der Waals surface area contributed by atoms with E-state index in [4.69, 9.17) is 5.11 Å². The molecule has 0 amide bonds. The van der Waals surface area contributed by atoms with Crippen molar-refractivity contribution in [3.8, 4) is 0 Å². The lowest BCUT2D eigenvalue weighted by molar-refractivity contribution is 0.0167. The van der Waals surface area contributed by atoms with Crippen molar-refractivity contribution in [3.63, 3.8) is 0 Å². The first-order valence-corrected chi connectivity index (χ1v) is 6.22. The Morgan fingerprint density at radius 3 is 2.12 bits per heavy atom. The highest BCUT2D eigenvalue weighted by atomic mass is 16.3. The van der Waals surface area contributed by atoms with Gasteiger partial charge in [0.05, 0.1) is 19.8 Å². The molecule has 0 spiro atoms. The maximum absolute atomic E-state index is 9.30. The quantitative estimate of drug-likeness (QED) is 0.586. The molecule has 0 radical (unpaired) electrons. The largest absolute Gasteiger partial charge is 0.396 e. The van der Waals surface area contributed by atoms with E-state index in [1.165, 1.54) is 25.7 Å². The summed E-state index contributed by atoms with van der Waals surface area (Å²) in [7, 11) is 0. The molecule has 0 aromatic heterocycles. The zero-order valence-corrected chi connectivity index (χ0v) is 10.2. The Bertz CT molecular complexity index is 189. The first kappa shape index (κ1) is 13.9. The molecule has 16 heavy (non-hydrogen) atoms. The lowest BCUT2D eigenvalue weighted by Gasteiger charge is -2.36. The summed E-state index contributed by atoms with van der Waals surface area (Å²) in [6, 6.07) is 0.518. The summed E-state index contributed by atoms with van der Waals surface area (Å²) in [5, 5.41) is 27.7. The lowest BCUT2D eigenvalue weighted by atomic mass is 9.91. The summed E-state index contributed by atoms with van der Waals surface area (Å²) >= 11 is 0. The van der Waals surface area contributed by atoms with Crippen LogP contribution in [-0.2, 0) is 0 Å². The maximum atomic E-state index is 9.30. The molecule has 0 atom stereocenters. The third-order valence-corrected chi connectivity index (χ3v) is 3.58. The van der Waals surface area contributed by atoms with E-state index in [9.17, 15) is 10.2 Å². The van der Waals surface area contributed by atoms with Gasteiger partial charge in [0.25, 0.3) is 0 Å². The van der Waals surface area contributed by atoms with E-state index < -0.39 is 5.41 Å². The molecular weight excluding hydrogens is 206 g/mol. The van der Waals surface area contributed by atoms with Gasteiger partial charge in [0.15, 0.2) is 0 Å². The van der Waals surface area contributed by atoms with E-state index >= 15 is 0 Å². The molecular formula is C12H25NO3. The van der Waals surface area contributed by atoms with Crippen LogP contribution >= 0.6 is 0 Å². The summed E-state index contributed by atoms with van der Waals surface area (Å²) in [6.07, 6.45) is 4.85.